The van der Waals surface area contributed by atoms with Crippen molar-refractivity contribution in [3.8, 4) is 0 Å². The number of amides is 2. The van der Waals surface area contributed by atoms with Crippen LogP contribution >= 0.6 is 0 Å². The second-order valence-corrected chi connectivity index (χ2v) is 3.07. The number of urea groups is 1. The summed E-state index contributed by atoms with van der Waals surface area (Å²) in [5.74, 6) is -0.808. The number of hydrogen-bond donors (Lipinski definition) is 2. The Hall–Kier alpha value is -1.26. The van der Waals surface area contributed by atoms with Gasteiger partial charge < -0.3 is 15.3 Å². The summed E-state index contributed by atoms with van der Waals surface area (Å²) in [5.41, 5.74) is 0. The summed E-state index contributed by atoms with van der Waals surface area (Å²) in [4.78, 5) is 23.0. The molecule has 5 nitrogen and oxygen atoms in total. The molecule has 74 valence electrons. The minimum Gasteiger partial charge on any atom is -0.481 e. The van der Waals surface area contributed by atoms with Gasteiger partial charge in [-0.3, -0.25) is 4.79 Å². The molecule has 0 aromatic rings. The number of rotatable bonds is 4. The van der Waals surface area contributed by atoms with Gasteiger partial charge in [0.1, 0.15) is 0 Å². The quantitative estimate of drug-likeness (QED) is 0.662. The molecule has 13 heavy (non-hydrogen) atoms. The van der Waals surface area contributed by atoms with Crippen LogP contribution in [0.25, 0.3) is 0 Å². The van der Waals surface area contributed by atoms with Crippen LogP contribution in [0.1, 0.15) is 19.3 Å². The van der Waals surface area contributed by atoms with Crippen molar-refractivity contribution in [3.05, 3.63) is 0 Å². The van der Waals surface area contributed by atoms with Gasteiger partial charge in [-0.05, 0) is 12.8 Å². The minimum atomic E-state index is -0.808. The van der Waals surface area contributed by atoms with Gasteiger partial charge in [0, 0.05) is 26.1 Å². The second kappa shape index (κ2) is 4.69. The van der Waals surface area contributed by atoms with Gasteiger partial charge in [0.05, 0.1) is 0 Å². The van der Waals surface area contributed by atoms with Crippen molar-refractivity contribution in [1.29, 1.82) is 0 Å². The number of aliphatic carboxylic acids is 1. The normalized spacial score (nSPS) is 16.9. The van der Waals surface area contributed by atoms with Gasteiger partial charge >= 0.3 is 12.0 Å². The molecule has 0 spiro atoms. The summed E-state index contributed by atoms with van der Waals surface area (Å²) in [5, 5.41) is 11.1. The van der Waals surface area contributed by atoms with Crippen LogP contribution in [-0.4, -0.2) is 41.6 Å². The van der Waals surface area contributed by atoms with Crippen LogP contribution in [0.2, 0.25) is 0 Å². The molecule has 1 fully saturated rings. The summed E-state index contributed by atoms with van der Waals surface area (Å²) in [6.45, 7) is 2.01. The molecule has 0 aromatic heterocycles. The number of carboxylic acids is 1. The van der Waals surface area contributed by atoms with Crippen molar-refractivity contribution in [1.82, 2.24) is 10.2 Å². The molecule has 0 bridgehead atoms. The molecule has 1 aliphatic rings. The Morgan fingerprint density at radius 2 is 2.38 bits per heavy atom. The predicted octanol–water partition coefficient (Wildman–Crippen LogP) is 0.267. The lowest BCUT2D eigenvalue weighted by Crippen LogP contribution is -2.46. The maximum absolute atomic E-state index is 11.1. The van der Waals surface area contributed by atoms with Crippen LogP contribution in [0.15, 0.2) is 0 Å². The van der Waals surface area contributed by atoms with Crippen LogP contribution in [0, 0.1) is 0 Å². The average molecular weight is 186 g/mol. The van der Waals surface area contributed by atoms with Crippen molar-refractivity contribution in [2.45, 2.75) is 19.3 Å². The fraction of sp³-hybridized carbons (Fsp3) is 0.750. The van der Waals surface area contributed by atoms with E-state index in [9.17, 15) is 9.59 Å². The summed E-state index contributed by atoms with van der Waals surface area (Å²) in [6.07, 6.45) is 1.60. The van der Waals surface area contributed by atoms with E-state index in [0.29, 0.717) is 13.0 Å². The first-order valence-electron chi connectivity index (χ1n) is 4.45. The summed E-state index contributed by atoms with van der Waals surface area (Å²) < 4.78 is 0. The first-order valence-corrected chi connectivity index (χ1v) is 4.45. The standard InChI is InChI=1S/C8H14N2O3/c11-7(12)3-1-5-10-6-2-4-9-8(10)13/h1-6H2,(H,9,13)(H,11,12). The molecule has 1 rings (SSSR count). The monoisotopic (exact) mass is 186 g/mol. The third-order valence-corrected chi connectivity index (χ3v) is 1.99. The third-order valence-electron chi connectivity index (χ3n) is 1.99. The van der Waals surface area contributed by atoms with E-state index in [0.717, 1.165) is 19.5 Å². The number of carbonyl (C=O) groups is 2. The molecular formula is C8H14N2O3. The number of carboxylic acid groups (broad SMARTS) is 1. The molecule has 0 aromatic carbocycles. The Morgan fingerprint density at radius 3 is 3.00 bits per heavy atom. The molecule has 0 aliphatic carbocycles. The van der Waals surface area contributed by atoms with Crippen molar-refractivity contribution in [2.75, 3.05) is 19.6 Å². The van der Waals surface area contributed by atoms with E-state index in [2.05, 4.69) is 5.32 Å². The van der Waals surface area contributed by atoms with Gasteiger partial charge in [-0.25, -0.2) is 4.79 Å². The molecule has 0 saturated carbocycles. The molecule has 1 saturated heterocycles. The Balaban J connectivity index is 2.19. The van der Waals surface area contributed by atoms with Crippen LogP contribution < -0.4 is 5.32 Å². The summed E-state index contributed by atoms with van der Waals surface area (Å²) >= 11 is 0. The largest absolute Gasteiger partial charge is 0.481 e. The zero-order valence-electron chi connectivity index (χ0n) is 7.45. The summed E-state index contributed by atoms with van der Waals surface area (Å²) in [6, 6.07) is -0.0726. The Labute approximate surface area is 76.7 Å². The molecule has 1 heterocycles. The van der Waals surface area contributed by atoms with Gasteiger partial charge in [0.2, 0.25) is 0 Å². The Kier molecular flexibility index (Phi) is 3.54. The lowest BCUT2D eigenvalue weighted by molar-refractivity contribution is -0.137. The van der Waals surface area contributed by atoms with Crippen LogP contribution in [0.5, 0.6) is 0 Å². The molecular weight excluding hydrogens is 172 g/mol. The van der Waals surface area contributed by atoms with Crippen LogP contribution in [-0.2, 0) is 4.79 Å². The first kappa shape index (κ1) is 9.83. The van der Waals surface area contributed by atoms with E-state index in [1.165, 1.54) is 0 Å². The molecule has 0 unspecified atom stereocenters. The molecule has 2 amide bonds. The van der Waals surface area contributed by atoms with E-state index in [1.54, 1.807) is 4.90 Å². The molecule has 2 N–H and O–H groups in total. The van der Waals surface area contributed by atoms with Gasteiger partial charge in [-0.1, -0.05) is 0 Å². The van der Waals surface area contributed by atoms with Gasteiger partial charge in [-0.2, -0.15) is 0 Å². The van der Waals surface area contributed by atoms with Crippen LogP contribution in [0.4, 0.5) is 4.79 Å². The van der Waals surface area contributed by atoms with E-state index in [1.807, 2.05) is 0 Å². The Morgan fingerprint density at radius 1 is 1.62 bits per heavy atom. The highest BCUT2D eigenvalue weighted by atomic mass is 16.4. The zero-order valence-corrected chi connectivity index (χ0v) is 7.45. The van der Waals surface area contributed by atoms with Gasteiger partial charge in [-0.15, -0.1) is 0 Å². The number of nitrogens with one attached hydrogen (secondary N) is 1. The highest BCUT2D eigenvalue weighted by Crippen LogP contribution is 2.01. The highest BCUT2D eigenvalue weighted by molar-refractivity contribution is 5.74. The molecule has 0 radical (unpaired) electrons. The van der Waals surface area contributed by atoms with Crippen molar-refractivity contribution in [3.63, 3.8) is 0 Å². The maximum Gasteiger partial charge on any atom is 0.317 e. The van der Waals surface area contributed by atoms with Crippen molar-refractivity contribution < 1.29 is 14.7 Å². The zero-order chi connectivity index (χ0) is 9.68. The minimum absolute atomic E-state index is 0.0726. The fourth-order valence-electron chi connectivity index (χ4n) is 1.31. The molecule has 0 atom stereocenters. The van der Waals surface area contributed by atoms with Crippen molar-refractivity contribution >= 4 is 12.0 Å². The lowest BCUT2D eigenvalue weighted by atomic mass is 10.2. The maximum atomic E-state index is 11.1. The predicted molar refractivity (Wildman–Crippen MR) is 46.5 cm³/mol. The fourth-order valence-corrected chi connectivity index (χ4v) is 1.31. The highest BCUT2D eigenvalue weighted by Gasteiger charge is 2.16. The van der Waals surface area contributed by atoms with Gasteiger partial charge in [0.25, 0.3) is 0 Å². The molecule has 1 aliphatic heterocycles. The number of carbonyl (C=O) groups excluding carboxylic acids is 1. The average Bonchev–Trinajstić information content (AvgIpc) is 2.08. The smallest absolute Gasteiger partial charge is 0.317 e. The first-order chi connectivity index (χ1) is 6.20. The lowest BCUT2D eigenvalue weighted by Gasteiger charge is -2.27. The number of hydrogen-bond acceptors (Lipinski definition) is 2. The van der Waals surface area contributed by atoms with E-state index in [4.69, 9.17) is 5.11 Å². The van der Waals surface area contributed by atoms with E-state index >= 15 is 0 Å². The number of nitrogens with zero attached hydrogens (tertiary/aromatic N) is 1. The van der Waals surface area contributed by atoms with Gasteiger partial charge in [0.15, 0.2) is 0 Å². The van der Waals surface area contributed by atoms with Crippen molar-refractivity contribution in [2.24, 2.45) is 0 Å². The van der Waals surface area contributed by atoms with E-state index < -0.39 is 5.97 Å². The second-order valence-electron chi connectivity index (χ2n) is 3.07. The SMILES string of the molecule is O=C(O)CCCN1CCCNC1=O. The third kappa shape index (κ3) is 3.31. The van der Waals surface area contributed by atoms with E-state index in [-0.39, 0.29) is 12.5 Å². The van der Waals surface area contributed by atoms with Crippen LogP contribution in [0.3, 0.4) is 0 Å². The Bertz CT molecular complexity index is 206. The molecule has 5 heteroatoms. The topological polar surface area (TPSA) is 69.6 Å². The summed E-state index contributed by atoms with van der Waals surface area (Å²) in [7, 11) is 0.